The average Bonchev–Trinajstić information content (AvgIpc) is 3.17. The van der Waals surface area contributed by atoms with E-state index in [0.717, 1.165) is 29.0 Å². The van der Waals surface area contributed by atoms with Crippen molar-refractivity contribution in [1.29, 1.82) is 0 Å². The van der Waals surface area contributed by atoms with Crippen LogP contribution in [0.3, 0.4) is 0 Å². The van der Waals surface area contributed by atoms with E-state index in [1.807, 2.05) is 4.98 Å². The lowest BCUT2D eigenvalue weighted by atomic mass is 10.1. The molecule has 200 valence electrons. The number of rotatable bonds is 8. The second-order valence-electron chi connectivity index (χ2n) is 8.12. The van der Waals surface area contributed by atoms with Crippen molar-refractivity contribution in [2.75, 3.05) is 0 Å². The van der Waals surface area contributed by atoms with Gasteiger partial charge in [0.05, 0.1) is 17.7 Å². The first kappa shape index (κ1) is 26.6. The number of hydrogen-bond donors (Lipinski definition) is 1. The number of nitrogens with zero attached hydrogens (tertiary/aromatic N) is 1. The van der Waals surface area contributed by atoms with E-state index in [2.05, 4.69) is 0 Å². The fourth-order valence-corrected chi connectivity index (χ4v) is 3.39. The van der Waals surface area contributed by atoms with Gasteiger partial charge < -0.3 is 14.0 Å². The first-order chi connectivity index (χ1) is 17.9. The van der Waals surface area contributed by atoms with Crippen molar-refractivity contribution in [1.82, 2.24) is 9.72 Å². The first-order valence-electron chi connectivity index (χ1n) is 10.9. The van der Waals surface area contributed by atoms with Gasteiger partial charge in [-0.2, -0.15) is 26.3 Å². The quantitative estimate of drug-likeness (QED) is 0.304. The van der Waals surface area contributed by atoms with E-state index in [0.29, 0.717) is 16.7 Å². The molecule has 7 nitrogen and oxygen atoms in total. The van der Waals surface area contributed by atoms with Gasteiger partial charge in [-0.05, 0) is 53.1 Å². The summed E-state index contributed by atoms with van der Waals surface area (Å²) in [6, 6.07) is 13.2. The minimum Gasteiger partial charge on any atom is -0.489 e. The zero-order valence-corrected chi connectivity index (χ0v) is 19.2. The zero-order chi connectivity index (χ0) is 27.5. The average molecular weight is 540 g/mol. The molecule has 38 heavy (non-hydrogen) atoms. The number of H-pyrrole nitrogens is 1. The molecule has 0 fully saturated rings. The highest BCUT2D eigenvalue weighted by Crippen LogP contribution is 2.31. The summed E-state index contributed by atoms with van der Waals surface area (Å²) in [6.07, 6.45) is -8.95. The van der Waals surface area contributed by atoms with Gasteiger partial charge in [-0.1, -0.05) is 24.3 Å². The topological polar surface area (TPSA) is 86.5 Å². The van der Waals surface area contributed by atoms with Crippen LogP contribution in [-0.4, -0.2) is 9.72 Å². The lowest BCUT2D eigenvalue weighted by Gasteiger charge is -2.13. The van der Waals surface area contributed by atoms with E-state index in [-0.39, 0.29) is 31.3 Å². The summed E-state index contributed by atoms with van der Waals surface area (Å²) < 4.78 is 93.6. The zero-order valence-electron chi connectivity index (χ0n) is 19.2. The predicted octanol–water partition coefficient (Wildman–Crippen LogP) is 5.37. The smallest absolute Gasteiger partial charge is 0.440 e. The molecule has 0 saturated heterocycles. The van der Waals surface area contributed by atoms with Gasteiger partial charge in [-0.3, -0.25) is 0 Å². The van der Waals surface area contributed by atoms with Crippen LogP contribution in [0.5, 0.6) is 11.5 Å². The summed E-state index contributed by atoms with van der Waals surface area (Å²) in [6.45, 7) is -0.385. The fraction of sp³-hybridized carbons (Fsp3) is 0.200. The molecule has 4 aromatic rings. The molecule has 4 rings (SSSR count). The first-order valence-corrected chi connectivity index (χ1v) is 10.9. The molecule has 13 heteroatoms. The van der Waals surface area contributed by atoms with Crippen LogP contribution in [0.15, 0.2) is 80.8 Å². The van der Waals surface area contributed by atoms with E-state index >= 15 is 0 Å². The number of alkyl halides is 6. The lowest BCUT2D eigenvalue weighted by Crippen LogP contribution is -2.17. The van der Waals surface area contributed by atoms with Crippen molar-refractivity contribution in [3.05, 3.63) is 116 Å². The molecule has 1 heterocycles. The van der Waals surface area contributed by atoms with Gasteiger partial charge >= 0.3 is 23.8 Å². The maximum absolute atomic E-state index is 12.8. The number of halogens is 6. The van der Waals surface area contributed by atoms with Crippen LogP contribution in [0, 0.1) is 0 Å². The molecule has 0 radical (unpaired) electrons. The second-order valence-corrected chi connectivity index (χ2v) is 8.12. The maximum atomic E-state index is 12.8. The third kappa shape index (κ3) is 6.87. The van der Waals surface area contributed by atoms with Crippen molar-refractivity contribution in [3.8, 4) is 11.5 Å². The van der Waals surface area contributed by atoms with Gasteiger partial charge in [-0.25, -0.2) is 14.6 Å². The van der Waals surface area contributed by atoms with Crippen LogP contribution in [0.2, 0.25) is 0 Å². The highest BCUT2D eigenvalue weighted by Gasteiger charge is 2.30. The minimum atomic E-state index is -4.47. The summed E-state index contributed by atoms with van der Waals surface area (Å²) in [5.41, 5.74) is -1.10. The summed E-state index contributed by atoms with van der Waals surface area (Å²) in [7, 11) is 0. The Bertz CT molecular complexity index is 1420. The summed E-state index contributed by atoms with van der Waals surface area (Å²) >= 11 is 0. The van der Waals surface area contributed by atoms with Crippen LogP contribution in [0.4, 0.5) is 26.3 Å². The molecule has 0 aliphatic rings. The van der Waals surface area contributed by atoms with Gasteiger partial charge in [0.2, 0.25) is 0 Å². The number of aromatic amines is 1. The molecular formula is C25H18F6N2O5. The molecule has 3 aromatic carbocycles. The fourth-order valence-electron chi connectivity index (χ4n) is 3.39. The number of ether oxygens (including phenoxy) is 2. The van der Waals surface area contributed by atoms with E-state index in [9.17, 15) is 35.9 Å². The van der Waals surface area contributed by atoms with E-state index in [4.69, 9.17) is 14.0 Å². The molecule has 0 saturated carbocycles. The molecule has 0 amide bonds. The van der Waals surface area contributed by atoms with Gasteiger partial charge in [0.1, 0.15) is 24.7 Å². The largest absolute Gasteiger partial charge is 0.489 e. The van der Waals surface area contributed by atoms with Crippen LogP contribution in [-0.2, 0) is 32.1 Å². The standard InChI is InChI=1S/C25H18F6N2O5/c26-24(27,28)18-5-1-15(2-6-18)13-36-20-9-17(12-33-22(34)32-23(35)38-33)10-21(11-20)37-14-16-3-7-19(8-4-16)25(29,30)31/h1-11H,12-14H2,(H,32,34,35). The molecule has 0 atom stereocenters. The molecule has 0 unspecified atom stereocenters. The Morgan fingerprint density at radius 1 is 0.684 bits per heavy atom. The summed E-state index contributed by atoms with van der Waals surface area (Å²) in [5, 5.41) is 0. The molecule has 1 aromatic heterocycles. The lowest BCUT2D eigenvalue weighted by molar-refractivity contribution is -0.138. The van der Waals surface area contributed by atoms with Crippen LogP contribution in [0.1, 0.15) is 27.8 Å². The maximum Gasteiger partial charge on any atom is 0.440 e. The van der Waals surface area contributed by atoms with Crippen LogP contribution < -0.4 is 20.9 Å². The van der Waals surface area contributed by atoms with Crippen molar-refractivity contribution in [3.63, 3.8) is 0 Å². The van der Waals surface area contributed by atoms with Crippen molar-refractivity contribution in [2.45, 2.75) is 32.1 Å². The number of benzene rings is 3. The van der Waals surface area contributed by atoms with E-state index < -0.39 is 34.9 Å². The Labute approximate surface area is 209 Å². The Morgan fingerprint density at radius 2 is 1.13 bits per heavy atom. The van der Waals surface area contributed by atoms with Crippen molar-refractivity contribution in [2.24, 2.45) is 0 Å². The third-order valence-corrected chi connectivity index (χ3v) is 5.27. The van der Waals surface area contributed by atoms with Gasteiger partial charge in [-0.15, -0.1) is 4.74 Å². The second kappa shape index (κ2) is 10.5. The molecule has 0 spiro atoms. The number of nitrogens with one attached hydrogen (secondary N) is 1. The highest BCUT2D eigenvalue weighted by atomic mass is 19.4. The minimum absolute atomic E-state index is 0.0981. The van der Waals surface area contributed by atoms with Gasteiger partial charge in [0.25, 0.3) is 0 Å². The van der Waals surface area contributed by atoms with Gasteiger partial charge in [0, 0.05) is 6.07 Å². The van der Waals surface area contributed by atoms with E-state index in [1.165, 1.54) is 42.5 Å². The molecule has 0 aliphatic heterocycles. The predicted molar refractivity (Wildman–Crippen MR) is 121 cm³/mol. The third-order valence-electron chi connectivity index (χ3n) is 5.27. The van der Waals surface area contributed by atoms with Crippen molar-refractivity contribution >= 4 is 0 Å². The van der Waals surface area contributed by atoms with Crippen LogP contribution >= 0.6 is 0 Å². The van der Waals surface area contributed by atoms with Crippen molar-refractivity contribution < 1.29 is 40.3 Å². The van der Waals surface area contributed by atoms with Gasteiger partial charge in [0.15, 0.2) is 0 Å². The molecule has 0 aliphatic carbocycles. The van der Waals surface area contributed by atoms with E-state index in [1.54, 1.807) is 0 Å². The Hall–Kier alpha value is -4.42. The Morgan fingerprint density at radius 3 is 1.50 bits per heavy atom. The normalized spacial score (nSPS) is 11.9. The molecular weight excluding hydrogens is 522 g/mol. The highest BCUT2D eigenvalue weighted by molar-refractivity contribution is 5.39. The summed E-state index contributed by atoms with van der Waals surface area (Å²) in [4.78, 5) is 25.1. The Balaban J connectivity index is 1.53. The molecule has 1 N–H and O–H groups in total. The number of hydrogen-bond acceptors (Lipinski definition) is 5. The van der Waals surface area contributed by atoms with Crippen LogP contribution in [0.25, 0.3) is 0 Å². The number of aromatic nitrogens is 2. The SMILES string of the molecule is O=c1[nH]c(=O)n(Cc2cc(OCc3ccc(C(F)(F)F)cc3)cc(OCc3ccc(C(F)(F)F)cc3)c2)o1. The summed E-state index contributed by atoms with van der Waals surface area (Å²) in [5.74, 6) is -0.519. The Kier molecular flexibility index (Phi) is 7.37. The monoisotopic (exact) mass is 540 g/mol. The molecule has 0 bridgehead atoms.